The molecule has 3 N–H and O–H groups in total. The number of H-pyrrole nitrogens is 1. The molecule has 5 nitrogen and oxygen atoms in total. The van der Waals surface area contributed by atoms with Crippen molar-refractivity contribution in [2.75, 3.05) is 6.54 Å². The smallest absolute Gasteiger partial charge is 0.303 e. The Morgan fingerprint density at radius 1 is 1.40 bits per heavy atom. The lowest BCUT2D eigenvalue weighted by atomic mass is 9.94. The van der Waals surface area contributed by atoms with Gasteiger partial charge >= 0.3 is 5.97 Å². The summed E-state index contributed by atoms with van der Waals surface area (Å²) < 4.78 is 0. The average molecular weight is 321 g/mol. The van der Waals surface area contributed by atoms with Crippen molar-refractivity contribution in [1.29, 1.82) is 0 Å². The first kappa shape index (κ1) is 16.9. The van der Waals surface area contributed by atoms with Crippen LogP contribution in [0.3, 0.4) is 0 Å². The van der Waals surface area contributed by atoms with Crippen LogP contribution in [0.25, 0.3) is 0 Å². The zero-order valence-corrected chi connectivity index (χ0v) is 12.9. The molecule has 112 valence electrons. The molecule has 0 saturated carbocycles. The molecule has 1 heterocycles. The van der Waals surface area contributed by atoms with Gasteiger partial charge < -0.3 is 15.4 Å². The molecule has 0 fully saturated rings. The summed E-state index contributed by atoms with van der Waals surface area (Å²) in [6.07, 6.45) is 0.767. The first-order valence-electron chi connectivity index (χ1n) is 6.33. The maximum atomic E-state index is 11.9. The van der Waals surface area contributed by atoms with Crippen molar-refractivity contribution in [3.05, 3.63) is 21.9 Å². The van der Waals surface area contributed by atoms with Crippen LogP contribution in [0.5, 0.6) is 0 Å². The van der Waals surface area contributed by atoms with E-state index < -0.39 is 5.97 Å². The molecular weight excluding hydrogens is 303 g/mol. The van der Waals surface area contributed by atoms with Gasteiger partial charge in [-0.1, -0.05) is 37.0 Å². The topological polar surface area (TPSA) is 82.2 Å². The van der Waals surface area contributed by atoms with Gasteiger partial charge in [-0.25, -0.2) is 0 Å². The number of carboxylic acid groups (broad SMARTS) is 1. The lowest BCUT2D eigenvalue weighted by molar-refractivity contribution is -0.138. The molecule has 0 radical (unpaired) electrons. The molecule has 1 atom stereocenters. The highest BCUT2D eigenvalue weighted by Gasteiger charge is 2.17. The van der Waals surface area contributed by atoms with Crippen LogP contribution >= 0.6 is 23.2 Å². The van der Waals surface area contributed by atoms with Gasteiger partial charge in [-0.15, -0.1) is 0 Å². The van der Waals surface area contributed by atoms with E-state index in [1.165, 1.54) is 6.07 Å². The van der Waals surface area contributed by atoms with Crippen LogP contribution in [0.2, 0.25) is 10.2 Å². The Bertz CT molecular complexity index is 466. The van der Waals surface area contributed by atoms with E-state index in [4.69, 9.17) is 28.3 Å². The molecular formula is C13H18Cl2N2O3. The van der Waals surface area contributed by atoms with Crippen LogP contribution < -0.4 is 5.32 Å². The van der Waals surface area contributed by atoms with Crippen LogP contribution in [0.15, 0.2) is 6.07 Å². The third-order valence-corrected chi connectivity index (χ3v) is 3.48. The molecule has 0 saturated heterocycles. The Balaban J connectivity index is 2.57. The zero-order valence-electron chi connectivity index (χ0n) is 11.4. The number of rotatable bonds is 7. The van der Waals surface area contributed by atoms with Gasteiger partial charge in [0.2, 0.25) is 0 Å². The monoisotopic (exact) mass is 320 g/mol. The summed E-state index contributed by atoms with van der Waals surface area (Å²) in [5, 5.41) is 12.1. The lowest BCUT2D eigenvalue weighted by Gasteiger charge is -2.17. The van der Waals surface area contributed by atoms with Crippen LogP contribution in [0, 0.1) is 11.8 Å². The van der Waals surface area contributed by atoms with Crippen LogP contribution in [0.4, 0.5) is 0 Å². The summed E-state index contributed by atoms with van der Waals surface area (Å²) in [6.45, 7) is 4.33. The minimum absolute atomic E-state index is 0.0324. The summed E-state index contributed by atoms with van der Waals surface area (Å²) >= 11 is 11.5. The minimum Gasteiger partial charge on any atom is -0.481 e. The maximum Gasteiger partial charge on any atom is 0.303 e. The van der Waals surface area contributed by atoms with E-state index in [9.17, 15) is 9.59 Å². The largest absolute Gasteiger partial charge is 0.481 e. The predicted octanol–water partition coefficient (Wildman–Crippen LogP) is 3.19. The maximum absolute atomic E-state index is 11.9. The van der Waals surface area contributed by atoms with Gasteiger partial charge in [0.1, 0.15) is 10.8 Å². The number of carbonyl (C=O) groups is 2. The number of nitrogens with one attached hydrogen (secondary N) is 2. The molecule has 0 aromatic carbocycles. The highest BCUT2D eigenvalue weighted by Crippen LogP contribution is 2.22. The molecule has 0 aliphatic carbocycles. The van der Waals surface area contributed by atoms with E-state index in [-0.39, 0.29) is 34.1 Å². The molecule has 7 heteroatoms. The van der Waals surface area contributed by atoms with Crippen molar-refractivity contribution >= 4 is 35.1 Å². The third kappa shape index (κ3) is 5.43. The van der Waals surface area contributed by atoms with Crippen molar-refractivity contribution in [1.82, 2.24) is 10.3 Å². The molecule has 1 rings (SSSR count). The first-order valence-corrected chi connectivity index (χ1v) is 7.09. The molecule has 1 amide bonds. The van der Waals surface area contributed by atoms with Crippen LogP contribution in [-0.4, -0.2) is 28.5 Å². The van der Waals surface area contributed by atoms with Crippen molar-refractivity contribution in [3.63, 3.8) is 0 Å². The van der Waals surface area contributed by atoms with E-state index in [1.807, 2.05) is 13.8 Å². The molecule has 0 unspecified atom stereocenters. The molecule has 0 aliphatic heterocycles. The molecule has 0 aliphatic rings. The number of halogens is 2. The van der Waals surface area contributed by atoms with E-state index in [0.29, 0.717) is 12.5 Å². The number of hydrogen-bond donors (Lipinski definition) is 3. The van der Waals surface area contributed by atoms with Crippen molar-refractivity contribution < 1.29 is 14.7 Å². The normalized spacial score (nSPS) is 12.4. The highest BCUT2D eigenvalue weighted by atomic mass is 35.5. The van der Waals surface area contributed by atoms with Gasteiger partial charge in [-0.05, 0) is 24.3 Å². The SMILES string of the molecule is CC(C)C[C@H](CNC(=O)c1cc(Cl)c(Cl)[nH]1)CC(=O)O. The Labute approximate surface area is 127 Å². The van der Waals surface area contributed by atoms with Gasteiger partial charge in [0.25, 0.3) is 5.91 Å². The average Bonchev–Trinajstić information content (AvgIpc) is 2.65. The fraction of sp³-hybridized carbons (Fsp3) is 0.538. The summed E-state index contributed by atoms with van der Waals surface area (Å²) in [7, 11) is 0. The van der Waals surface area contributed by atoms with E-state index in [0.717, 1.165) is 6.42 Å². The summed E-state index contributed by atoms with van der Waals surface area (Å²) in [5.74, 6) is -0.947. The van der Waals surface area contributed by atoms with Crippen LogP contribution in [-0.2, 0) is 4.79 Å². The van der Waals surface area contributed by atoms with Crippen molar-refractivity contribution in [3.8, 4) is 0 Å². The molecule has 0 bridgehead atoms. The van der Waals surface area contributed by atoms with Gasteiger partial charge in [0, 0.05) is 13.0 Å². The van der Waals surface area contributed by atoms with Crippen molar-refractivity contribution in [2.24, 2.45) is 11.8 Å². The number of aromatic nitrogens is 1. The van der Waals surface area contributed by atoms with Gasteiger partial charge in [0.05, 0.1) is 5.02 Å². The Morgan fingerprint density at radius 3 is 2.50 bits per heavy atom. The second-order valence-electron chi connectivity index (χ2n) is 5.15. The van der Waals surface area contributed by atoms with Crippen molar-refractivity contribution in [2.45, 2.75) is 26.7 Å². The Hall–Kier alpha value is -1.20. The molecule has 1 aromatic heterocycles. The quantitative estimate of drug-likeness (QED) is 0.721. The lowest BCUT2D eigenvalue weighted by Crippen LogP contribution is -2.31. The summed E-state index contributed by atoms with van der Waals surface area (Å²) in [4.78, 5) is 25.3. The third-order valence-electron chi connectivity index (χ3n) is 2.79. The predicted molar refractivity (Wildman–Crippen MR) is 78.3 cm³/mol. The van der Waals surface area contributed by atoms with E-state index in [2.05, 4.69) is 10.3 Å². The highest BCUT2D eigenvalue weighted by molar-refractivity contribution is 6.41. The van der Waals surface area contributed by atoms with Gasteiger partial charge in [0.15, 0.2) is 0 Å². The number of amides is 1. The summed E-state index contributed by atoms with van der Waals surface area (Å²) in [5.41, 5.74) is 0.263. The molecule has 20 heavy (non-hydrogen) atoms. The first-order chi connectivity index (χ1) is 9.29. The second kappa shape index (κ2) is 7.55. The standard InChI is InChI=1S/C13H18Cl2N2O3/c1-7(2)3-8(4-11(18)19)6-16-13(20)10-5-9(14)12(15)17-10/h5,7-8,17H,3-4,6H2,1-2H3,(H,16,20)(H,18,19)/t8-/m0/s1. The Morgan fingerprint density at radius 2 is 2.05 bits per heavy atom. The number of aliphatic carboxylic acids is 1. The van der Waals surface area contributed by atoms with Gasteiger partial charge in [-0.3, -0.25) is 9.59 Å². The molecule has 0 spiro atoms. The fourth-order valence-electron chi connectivity index (χ4n) is 2.01. The number of carbonyl (C=O) groups excluding carboxylic acids is 1. The number of hydrogen-bond acceptors (Lipinski definition) is 2. The van der Waals surface area contributed by atoms with E-state index >= 15 is 0 Å². The fourth-order valence-corrected chi connectivity index (χ4v) is 2.32. The minimum atomic E-state index is -0.865. The van der Waals surface area contributed by atoms with Gasteiger partial charge in [-0.2, -0.15) is 0 Å². The number of carboxylic acids is 1. The second-order valence-corrected chi connectivity index (χ2v) is 5.93. The summed E-state index contributed by atoms with van der Waals surface area (Å²) in [6, 6.07) is 1.44. The van der Waals surface area contributed by atoms with E-state index in [1.54, 1.807) is 0 Å². The molecule has 1 aromatic rings. The zero-order chi connectivity index (χ0) is 15.3. The Kier molecular flexibility index (Phi) is 6.36. The van der Waals surface area contributed by atoms with Crippen LogP contribution in [0.1, 0.15) is 37.2 Å². The number of aromatic amines is 1.